The van der Waals surface area contributed by atoms with Gasteiger partial charge in [-0.25, -0.2) is 9.97 Å². The van der Waals surface area contributed by atoms with Crippen LogP contribution >= 0.6 is 23.1 Å². The number of carbonyl (C=O) groups is 1. The van der Waals surface area contributed by atoms with Gasteiger partial charge < -0.3 is 14.7 Å². The molecule has 8 nitrogen and oxygen atoms in total. The number of thioether (sulfide) groups is 1. The normalized spacial score (nSPS) is 13.5. The predicted octanol–water partition coefficient (Wildman–Crippen LogP) is 3.80. The van der Waals surface area contributed by atoms with Crippen LogP contribution in [-0.2, 0) is 30.5 Å². The highest BCUT2D eigenvalue weighted by Gasteiger charge is 2.17. The van der Waals surface area contributed by atoms with Crippen molar-refractivity contribution in [2.75, 3.05) is 11.1 Å². The molecule has 1 amide bonds. The first-order valence-electron chi connectivity index (χ1n) is 9.90. The Morgan fingerprint density at radius 3 is 2.97 bits per heavy atom. The number of amides is 1. The van der Waals surface area contributed by atoms with E-state index < -0.39 is 0 Å². The van der Waals surface area contributed by atoms with Crippen LogP contribution in [0.3, 0.4) is 0 Å². The van der Waals surface area contributed by atoms with Crippen LogP contribution in [0.5, 0.6) is 0 Å². The molecule has 0 bridgehead atoms. The summed E-state index contributed by atoms with van der Waals surface area (Å²) in [5.74, 6) is 1.50. The summed E-state index contributed by atoms with van der Waals surface area (Å²) in [6.07, 6.45) is 5.72. The molecule has 0 radical (unpaired) electrons. The number of aromatic nitrogens is 5. The first-order chi connectivity index (χ1) is 14.7. The third kappa shape index (κ3) is 4.39. The van der Waals surface area contributed by atoms with Gasteiger partial charge in [-0.05, 0) is 37.8 Å². The second-order valence-electron chi connectivity index (χ2n) is 7.10. The highest BCUT2D eigenvalue weighted by molar-refractivity contribution is 7.99. The summed E-state index contributed by atoms with van der Waals surface area (Å²) in [7, 11) is 0. The molecule has 0 spiro atoms. The Hall–Kier alpha value is -2.72. The van der Waals surface area contributed by atoms with E-state index in [9.17, 15) is 4.79 Å². The van der Waals surface area contributed by atoms with Gasteiger partial charge in [0, 0.05) is 17.7 Å². The molecule has 154 valence electrons. The number of rotatable bonds is 7. The Kier molecular flexibility index (Phi) is 5.50. The monoisotopic (exact) mass is 440 g/mol. The van der Waals surface area contributed by atoms with Crippen molar-refractivity contribution in [3.63, 3.8) is 0 Å². The minimum absolute atomic E-state index is 0.117. The zero-order chi connectivity index (χ0) is 20.3. The van der Waals surface area contributed by atoms with Crippen LogP contribution < -0.4 is 5.32 Å². The number of imidazole rings is 1. The van der Waals surface area contributed by atoms with Crippen molar-refractivity contribution in [2.24, 2.45) is 0 Å². The Morgan fingerprint density at radius 1 is 1.17 bits per heavy atom. The van der Waals surface area contributed by atoms with Gasteiger partial charge in [0.05, 0.1) is 22.5 Å². The lowest BCUT2D eigenvalue weighted by Crippen LogP contribution is -2.13. The van der Waals surface area contributed by atoms with Crippen LogP contribution in [0.4, 0.5) is 5.13 Å². The van der Waals surface area contributed by atoms with Crippen LogP contribution in [0, 0.1) is 0 Å². The maximum atomic E-state index is 12.2. The van der Waals surface area contributed by atoms with Gasteiger partial charge in [-0.3, -0.25) is 4.79 Å². The standard InChI is InChI=1S/C20H20N6O2S2/c27-17(24-19-23-14-7-3-4-8-15(14)30-19)11-29-20-26-25-18(28-20)10-9-16-21-12-5-1-2-6-13(12)22-16/h1-2,5-6H,3-4,7-11H2,(H,21,22)(H,23,24,27). The lowest BCUT2D eigenvalue weighted by molar-refractivity contribution is -0.113. The molecule has 1 aliphatic carbocycles. The fraction of sp³-hybridized carbons (Fsp3) is 0.350. The third-order valence-electron chi connectivity index (χ3n) is 4.88. The first kappa shape index (κ1) is 19.3. The summed E-state index contributed by atoms with van der Waals surface area (Å²) < 4.78 is 5.65. The van der Waals surface area contributed by atoms with Gasteiger partial charge in [-0.1, -0.05) is 23.9 Å². The van der Waals surface area contributed by atoms with E-state index in [2.05, 4.69) is 30.5 Å². The number of hydrogen-bond donors (Lipinski definition) is 2. The molecule has 3 heterocycles. The minimum atomic E-state index is -0.117. The molecular weight excluding hydrogens is 420 g/mol. The molecule has 0 saturated heterocycles. The highest BCUT2D eigenvalue weighted by Crippen LogP contribution is 2.29. The molecule has 0 saturated carbocycles. The summed E-state index contributed by atoms with van der Waals surface area (Å²) in [6, 6.07) is 7.92. The predicted molar refractivity (Wildman–Crippen MR) is 116 cm³/mol. The number of hydrogen-bond acceptors (Lipinski definition) is 8. The van der Waals surface area contributed by atoms with Gasteiger partial charge in [-0.2, -0.15) is 0 Å². The van der Waals surface area contributed by atoms with Gasteiger partial charge in [0.1, 0.15) is 5.82 Å². The van der Waals surface area contributed by atoms with E-state index >= 15 is 0 Å². The second-order valence-corrected chi connectivity index (χ2v) is 9.11. The fourth-order valence-corrected chi connectivity index (χ4v) is 5.08. The number of nitrogens with zero attached hydrogens (tertiary/aromatic N) is 4. The number of carbonyl (C=O) groups excluding carboxylic acids is 1. The molecule has 0 aliphatic heterocycles. The van der Waals surface area contributed by atoms with Crippen molar-refractivity contribution in [1.29, 1.82) is 0 Å². The van der Waals surface area contributed by atoms with Gasteiger partial charge >= 0.3 is 0 Å². The summed E-state index contributed by atoms with van der Waals surface area (Å²) in [5, 5.41) is 12.1. The minimum Gasteiger partial charge on any atom is -0.416 e. The first-order valence-corrected chi connectivity index (χ1v) is 11.7. The van der Waals surface area contributed by atoms with Crippen LogP contribution in [0.25, 0.3) is 11.0 Å². The maximum Gasteiger partial charge on any atom is 0.277 e. The van der Waals surface area contributed by atoms with Crippen molar-refractivity contribution in [3.8, 4) is 0 Å². The molecule has 5 rings (SSSR count). The van der Waals surface area contributed by atoms with Crippen molar-refractivity contribution in [2.45, 2.75) is 43.7 Å². The molecule has 1 aromatic carbocycles. The molecule has 30 heavy (non-hydrogen) atoms. The average molecular weight is 441 g/mol. The number of benzene rings is 1. The van der Waals surface area contributed by atoms with Crippen molar-refractivity contribution in [1.82, 2.24) is 25.1 Å². The molecule has 0 fully saturated rings. The summed E-state index contributed by atoms with van der Waals surface area (Å²) in [6.45, 7) is 0. The third-order valence-corrected chi connectivity index (χ3v) is 6.77. The number of nitrogens with one attached hydrogen (secondary N) is 2. The molecule has 3 aromatic heterocycles. The van der Waals surface area contributed by atoms with Crippen molar-refractivity contribution < 1.29 is 9.21 Å². The van der Waals surface area contributed by atoms with E-state index in [4.69, 9.17) is 4.42 Å². The number of aromatic amines is 1. The van der Waals surface area contributed by atoms with E-state index in [1.54, 1.807) is 11.3 Å². The van der Waals surface area contributed by atoms with Gasteiger partial charge in [0.25, 0.3) is 5.22 Å². The van der Waals surface area contributed by atoms with E-state index in [1.165, 1.54) is 29.5 Å². The molecule has 0 unspecified atom stereocenters. The van der Waals surface area contributed by atoms with Crippen molar-refractivity contribution >= 4 is 45.2 Å². The topological polar surface area (TPSA) is 110 Å². The highest BCUT2D eigenvalue weighted by atomic mass is 32.2. The Balaban J connectivity index is 1.11. The number of aryl methyl sites for hydroxylation is 4. The molecular formula is C20H20N6O2S2. The van der Waals surface area contributed by atoms with Crippen LogP contribution in [0.1, 0.15) is 35.1 Å². The van der Waals surface area contributed by atoms with E-state index in [0.29, 0.717) is 29.1 Å². The van der Waals surface area contributed by atoms with Gasteiger partial charge in [0.2, 0.25) is 11.8 Å². The summed E-state index contributed by atoms with van der Waals surface area (Å²) in [5.41, 5.74) is 3.10. The van der Waals surface area contributed by atoms with Crippen LogP contribution in [-0.4, -0.2) is 36.8 Å². The SMILES string of the molecule is O=C(CSc1nnc(CCc2nc3ccccc3[nH]2)o1)Nc1nc2c(s1)CCCC2. The number of fused-ring (bicyclic) bond motifs is 2. The summed E-state index contributed by atoms with van der Waals surface area (Å²) in [4.78, 5) is 25.9. The molecule has 1 aliphatic rings. The van der Waals surface area contributed by atoms with E-state index in [0.717, 1.165) is 35.4 Å². The Morgan fingerprint density at radius 2 is 2.07 bits per heavy atom. The fourth-order valence-electron chi connectivity index (χ4n) is 3.44. The van der Waals surface area contributed by atoms with Crippen LogP contribution in [0.15, 0.2) is 33.9 Å². The number of para-hydroxylation sites is 2. The Labute approximate surface area is 180 Å². The Bertz CT molecular complexity index is 1120. The molecule has 10 heteroatoms. The molecule has 2 N–H and O–H groups in total. The maximum absolute atomic E-state index is 12.2. The number of anilines is 1. The second kappa shape index (κ2) is 8.57. The molecule has 0 atom stereocenters. The summed E-state index contributed by atoms with van der Waals surface area (Å²) >= 11 is 2.81. The number of H-pyrrole nitrogens is 1. The average Bonchev–Trinajstić information content (AvgIpc) is 3.47. The molecule has 4 aromatic rings. The van der Waals surface area contributed by atoms with E-state index in [1.807, 2.05) is 24.3 Å². The lowest BCUT2D eigenvalue weighted by atomic mass is 10.0. The van der Waals surface area contributed by atoms with Crippen molar-refractivity contribution in [3.05, 3.63) is 46.6 Å². The zero-order valence-electron chi connectivity index (χ0n) is 16.2. The van der Waals surface area contributed by atoms with Gasteiger partial charge in [-0.15, -0.1) is 21.5 Å². The van der Waals surface area contributed by atoms with Gasteiger partial charge in [0.15, 0.2) is 5.13 Å². The largest absolute Gasteiger partial charge is 0.416 e. The lowest BCUT2D eigenvalue weighted by Gasteiger charge is -2.06. The van der Waals surface area contributed by atoms with E-state index in [-0.39, 0.29) is 11.7 Å². The smallest absolute Gasteiger partial charge is 0.277 e. The number of thiazole rings is 1. The quantitative estimate of drug-likeness (QED) is 0.421. The zero-order valence-corrected chi connectivity index (χ0v) is 17.8. The van der Waals surface area contributed by atoms with Crippen LogP contribution in [0.2, 0.25) is 0 Å².